The summed E-state index contributed by atoms with van der Waals surface area (Å²) in [6.07, 6.45) is 2.21. The minimum atomic E-state index is -3.38. The zero-order valence-corrected chi connectivity index (χ0v) is 8.50. The molecule has 0 fully saturated rings. The largest absolute Gasteiger partial charge is 0.294 e. The first-order valence-corrected chi connectivity index (χ1v) is 5.72. The summed E-state index contributed by atoms with van der Waals surface area (Å²) in [4.78, 5) is 14.9. The van der Waals surface area contributed by atoms with E-state index in [2.05, 4.69) is 20.5 Å². The van der Waals surface area contributed by atoms with Crippen LogP contribution in [0.3, 0.4) is 0 Å². The molecule has 1 amide bonds. The normalized spacial score (nSPS) is 13.6. The molecule has 1 heterocycles. The van der Waals surface area contributed by atoms with E-state index in [0.29, 0.717) is 0 Å². The number of amides is 1. The lowest BCUT2D eigenvalue weighted by Gasteiger charge is -2.07. The Kier molecular flexibility index (Phi) is 2.84. The molecule has 0 saturated heterocycles. The monoisotopic (exact) mass is 218 g/mol. The van der Waals surface area contributed by atoms with Gasteiger partial charge in [-0.15, -0.1) is 0 Å². The van der Waals surface area contributed by atoms with Crippen molar-refractivity contribution >= 4 is 21.7 Å². The van der Waals surface area contributed by atoms with E-state index < -0.39 is 21.0 Å². The molecule has 0 saturated carbocycles. The summed E-state index contributed by atoms with van der Waals surface area (Å²) < 4.78 is 22.0. The predicted octanol–water partition coefficient (Wildman–Crippen LogP) is -0.824. The zero-order valence-electron chi connectivity index (χ0n) is 7.68. The Hall–Kier alpha value is -1.44. The van der Waals surface area contributed by atoms with E-state index >= 15 is 0 Å². The molecule has 2 N–H and O–H groups in total. The van der Waals surface area contributed by atoms with Gasteiger partial charge in [-0.1, -0.05) is 0 Å². The lowest BCUT2D eigenvalue weighted by molar-refractivity contribution is -0.115. The Morgan fingerprint density at radius 1 is 1.64 bits per heavy atom. The van der Waals surface area contributed by atoms with Crippen molar-refractivity contribution in [3.63, 3.8) is 0 Å². The Bertz CT molecular complexity index is 410. The van der Waals surface area contributed by atoms with Crippen LogP contribution in [0.25, 0.3) is 0 Å². The van der Waals surface area contributed by atoms with Crippen LogP contribution >= 0.6 is 0 Å². The van der Waals surface area contributed by atoms with Crippen molar-refractivity contribution in [2.45, 2.75) is 12.2 Å². The highest BCUT2D eigenvalue weighted by atomic mass is 32.2. The first-order chi connectivity index (χ1) is 6.41. The number of aromatic amines is 1. The van der Waals surface area contributed by atoms with Crippen LogP contribution in [0.4, 0.5) is 5.95 Å². The van der Waals surface area contributed by atoms with E-state index in [0.717, 1.165) is 6.26 Å². The molecule has 0 bridgehead atoms. The van der Waals surface area contributed by atoms with Gasteiger partial charge in [0.2, 0.25) is 11.9 Å². The molecular formula is C6H10N4O3S. The Morgan fingerprint density at radius 2 is 2.29 bits per heavy atom. The number of H-pyrrole nitrogens is 1. The van der Waals surface area contributed by atoms with E-state index in [9.17, 15) is 13.2 Å². The predicted molar refractivity (Wildman–Crippen MR) is 49.3 cm³/mol. The highest BCUT2D eigenvalue weighted by molar-refractivity contribution is 7.92. The molecule has 0 aliphatic carbocycles. The van der Waals surface area contributed by atoms with Crippen molar-refractivity contribution in [1.82, 2.24) is 15.2 Å². The maximum atomic E-state index is 11.3. The number of nitrogens with zero attached hydrogens (tertiary/aromatic N) is 2. The van der Waals surface area contributed by atoms with E-state index in [1.54, 1.807) is 0 Å². The average Bonchev–Trinajstić information content (AvgIpc) is 2.53. The van der Waals surface area contributed by atoms with Crippen molar-refractivity contribution in [2.75, 3.05) is 11.6 Å². The van der Waals surface area contributed by atoms with Gasteiger partial charge >= 0.3 is 0 Å². The van der Waals surface area contributed by atoms with Crippen molar-refractivity contribution in [2.24, 2.45) is 0 Å². The maximum Gasteiger partial charge on any atom is 0.244 e. The fraction of sp³-hybridized carbons (Fsp3) is 0.500. The Balaban J connectivity index is 2.69. The van der Waals surface area contributed by atoms with Crippen LogP contribution in [-0.2, 0) is 14.6 Å². The highest BCUT2D eigenvalue weighted by Gasteiger charge is 2.23. The minimum Gasteiger partial charge on any atom is -0.294 e. The quantitative estimate of drug-likeness (QED) is 0.689. The Morgan fingerprint density at radius 3 is 2.71 bits per heavy atom. The second-order valence-electron chi connectivity index (χ2n) is 2.80. The summed E-state index contributed by atoms with van der Waals surface area (Å²) in [5.41, 5.74) is 0. The van der Waals surface area contributed by atoms with Crippen molar-refractivity contribution in [3.8, 4) is 0 Å². The zero-order chi connectivity index (χ0) is 10.8. The first-order valence-electron chi connectivity index (χ1n) is 3.76. The lowest BCUT2D eigenvalue weighted by Crippen LogP contribution is -2.32. The molecule has 8 heteroatoms. The molecule has 0 aliphatic heterocycles. The van der Waals surface area contributed by atoms with E-state index in [4.69, 9.17) is 0 Å². The third-order valence-electron chi connectivity index (χ3n) is 1.67. The van der Waals surface area contributed by atoms with Crippen LogP contribution in [0.2, 0.25) is 0 Å². The van der Waals surface area contributed by atoms with Gasteiger partial charge in [-0.3, -0.25) is 10.1 Å². The van der Waals surface area contributed by atoms with Gasteiger partial charge in [0, 0.05) is 6.26 Å². The van der Waals surface area contributed by atoms with Gasteiger partial charge in [-0.2, -0.15) is 10.1 Å². The van der Waals surface area contributed by atoms with E-state index in [1.807, 2.05) is 0 Å². The molecule has 1 atom stereocenters. The van der Waals surface area contributed by atoms with Gasteiger partial charge in [-0.25, -0.2) is 13.5 Å². The van der Waals surface area contributed by atoms with Crippen LogP contribution in [0.1, 0.15) is 6.92 Å². The molecule has 1 aromatic heterocycles. The standard InChI is InChI=1S/C6H10N4O3S/c1-4(14(2,12)13)5(11)9-6-7-3-8-10-6/h3-4H,1-2H3,(H2,7,8,9,10,11). The molecule has 0 aromatic carbocycles. The summed E-state index contributed by atoms with van der Waals surface area (Å²) in [5, 5.41) is 7.06. The minimum absolute atomic E-state index is 0.130. The average molecular weight is 218 g/mol. The summed E-state index contributed by atoms with van der Waals surface area (Å²) in [6.45, 7) is 1.31. The number of rotatable bonds is 3. The number of hydrogen-bond acceptors (Lipinski definition) is 5. The third kappa shape index (κ3) is 2.52. The highest BCUT2D eigenvalue weighted by Crippen LogP contribution is 2.01. The number of carbonyl (C=O) groups excluding carboxylic acids is 1. The van der Waals surface area contributed by atoms with Crippen LogP contribution < -0.4 is 5.32 Å². The summed E-state index contributed by atoms with van der Waals surface area (Å²) in [6, 6.07) is 0. The summed E-state index contributed by atoms with van der Waals surface area (Å²) >= 11 is 0. The molecular weight excluding hydrogens is 208 g/mol. The van der Waals surface area contributed by atoms with E-state index in [1.165, 1.54) is 13.3 Å². The van der Waals surface area contributed by atoms with Gasteiger partial charge in [-0.05, 0) is 6.92 Å². The molecule has 0 radical (unpaired) electrons. The molecule has 1 rings (SSSR count). The summed E-state index contributed by atoms with van der Waals surface area (Å²) in [5.74, 6) is -0.505. The molecule has 14 heavy (non-hydrogen) atoms. The van der Waals surface area contributed by atoms with Gasteiger partial charge in [0.15, 0.2) is 9.84 Å². The fourth-order valence-electron chi connectivity index (χ4n) is 0.678. The van der Waals surface area contributed by atoms with Crippen LogP contribution in [0.15, 0.2) is 6.33 Å². The Labute approximate surface area is 80.8 Å². The number of nitrogens with one attached hydrogen (secondary N) is 2. The van der Waals surface area contributed by atoms with Gasteiger partial charge in [0.25, 0.3) is 0 Å². The van der Waals surface area contributed by atoms with Crippen molar-refractivity contribution < 1.29 is 13.2 Å². The number of hydrogen-bond donors (Lipinski definition) is 2. The molecule has 1 unspecified atom stereocenters. The van der Waals surface area contributed by atoms with Crippen LogP contribution in [-0.4, -0.2) is 41.0 Å². The van der Waals surface area contributed by atoms with E-state index in [-0.39, 0.29) is 5.95 Å². The number of anilines is 1. The van der Waals surface area contributed by atoms with Crippen molar-refractivity contribution in [3.05, 3.63) is 6.33 Å². The van der Waals surface area contributed by atoms with Crippen LogP contribution in [0, 0.1) is 0 Å². The van der Waals surface area contributed by atoms with Gasteiger partial charge in [0.05, 0.1) is 0 Å². The van der Waals surface area contributed by atoms with Crippen molar-refractivity contribution in [1.29, 1.82) is 0 Å². The number of aromatic nitrogens is 3. The third-order valence-corrected chi connectivity index (χ3v) is 3.17. The number of carbonyl (C=O) groups is 1. The fourth-order valence-corrected chi connectivity index (χ4v) is 1.13. The summed E-state index contributed by atoms with van der Waals surface area (Å²) in [7, 11) is -3.38. The maximum absolute atomic E-state index is 11.3. The number of sulfone groups is 1. The molecule has 0 spiro atoms. The lowest BCUT2D eigenvalue weighted by atomic mass is 10.4. The molecule has 1 aromatic rings. The second kappa shape index (κ2) is 3.74. The topological polar surface area (TPSA) is 105 Å². The van der Waals surface area contributed by atoms with Gasteiger partial charge in [0.1, 0.15) is 11.6 Å². The SMILES string of the molecule is CC(C(=O)Nc1ncn[nH]1)S(C)(=O)=O. The van der Waals surface area contributed by atoms with Crippen LogP contribution in [0.5, 0.6) is 0 Å². The molecule has 78 valence electrons. The molecule has 7 nitrogen and oxygen atoms in total. The van der Waals surface area contributed by atoms with Gasteiger partial charge < -0.3 is 0 Å². The first kappa shape index (κ1) is 10.6. The second-order valence-corrected chi connectivity index (χ2v) is 5.16. The molecule has 0 aliphatic rings. The smallest absolute Gasteiger partial charge is 0.244 e.